The summed E-state index contributed by atoms with van der Waals surface area (Å²) in [4.78, 5) is 4.51. The van der Waals surface area contributed by atoms with Gasteiger partial charge in [-0.15, -0.1) is 0 Å². The van der Waals surface area contributed by atoms with E-state index >= 15 is 0 Å². The largest absolute Gasteiger partial charge is 0.365 e. The van der Waals surface area contributed by atoms with E-state index in [9.17, 15) is 4.39 Å². The van der Waals surface area contributed by atoms with E-state index in [1.165, 1.54) is 17.4 Å². The summed E-state index contributed by atoms with van der Waals surface area (Å²) in [6, 6.07) is 3.00. The van der Waals surface area contributed by atoms with E-state index in [4.69, 9.17) is 5.26 Å². The monoisotopic (exact) mass is 239 g/mol. The lowest BCUT2D eigenvalue weighted by Crippen LogP contribution is -1.84. The second-order valence-corrected chi connectivity index (χ2v) is 4.57. The molecule has 76 valence electrons. The molecule has 0 fully saturated rings. The highest BCUT2D eigenvalue weighted by Crippen LogP contribution is 2.31. The van der Waals surface area contributed by atoms with Crippen molar-refractivity contribution < 1.29 is 4.39 Å². The van der Waals surface area contributed by atoms with Gasteiger partial charge in [0.05, 0.1) is 15.1 Å². The lowest BCUT2D eigenvalue weighted by atomic mass is 10.3. The van der Waals surface area contributed by atoms with Crippen molar-refractivity contribution in [2.45, 2.75) is 4.90 Å². The van der Waals surface area contributed by atoms with Gasteiger partial charge in [0.2, 0.25) is 0 Å². The third kappa shape index (κ3) is 1.89. The molecule has 0 bridgehead atoms. The minimum Gasteiger partial charge on any atom is -0.365 e. The van der Waals surface area contributed by atoms with Crippen molar-refractivity contribution in [1.82, 2.24) is 4.98 Å². The molecule has 0 amide bonds. The number of hydrogen-bond acceptors (Lipinski definition) is 5. The van der Waals surface area contributed by atoms with Crippen molar-refractivity contribution in [3.63, 3.8) is 0 Å². The minimum atomic E-state index is -0.401. The Hall–Kier alpha value is -1.32. The fourth-order valence-corrected chi connectivity index (χ4v) is 2.51. The maximum atomic E-state index is 13.4. The number of thiazole rings is 1. The van der Waals surface area contributed by atoms with E-state index in [1.807, 2.05) is 5.40 Å². The van der Waals surface area contributed by atoms with E-state index in [0.29, 0.717) is 10.4 Å². The molecule has 1 N–H and O–H groups in total. The first-order valence-corrected chi connectivity index (χ1v) is 5.71. The predicted molar refractivity (Wildman–Crippen MR) is 60.6 cm³/mol. The van der Waals surface area contributed by atoms with Crippen molar-refractivity contribution in [1.29, 1.82) is 5.26 Å². The van der Waals surface area contributed by atoms with Gasteiger partial charge in [0.15, 0.2) is 5.13 Å². The summed E-state index contributed by atoms with van der Waals surface area (Å²) in [6.07, 6.45) is 0. The zero-order valence-electron chi connectivity index (χ0n) is 7.74. The maximum absolute atomic E-state index is 13.4. The van der Waals surface area contributed by atoms with Gasteiger partial charge >= 0.3 is 0 Å². The molecule has 1 heterocycles. The van der Waals surface area contributed by atoms with Crippen LogP contribution in [0.3, 0.4) is 0 Å². The molecule has 6 heteroatoms. The van der Waals surface area contributed by atoms with Gasteiger partial charge in [-0.1, -0.05) is 11.3 Å². The average molecular weight is 239 g/mol. The van der Waals surface area contributed by atoms with Gasteiger partial charge in [-0.3, -0.25) is 0 Å². The molecule has 3 nitrogen and oxygen atoms in total. The van der Waals surface area contributed by atoms with Crippen molar-refractivity contribution in [2.75, 3.05) is 12.4 Å². The molecule has 2 rings (SSSR count). The smallest absolute Gasteiger partial charge is 0.183 e. The topological polar surface area (TPSA) is 48.7 Å². The van der Waals surface area contributed by atoms with Crippen LogP contribution in [-0.4, -0.2) is 12.0 Å². The highest BCUT2D eigenvalue weighted by Gasteiger charge is 2.09. The minimum absolute atomic E-state index is 0.344. The Balaban J connectivity index is 2.59. The molecule has 0 unspecified atom stereocenters. The maximum Gasteiger partial charge on any atom is 0.183 e. The number of hydrogen-bond donors (Lipinski definition) is 1. The number of nitrogens with one attached hydrogen (secondary N) is 1. The fraction of sp³-hybridized carbons (Fsp3) is 0.111. The molecule has 1 aromatic carbocycles. The Morgan fingerprint density at radius 1 is 1.60 bits per heavy atom. The molecule has 2 aromatic rings. The van der Waals surface area contributed by atoms with Crippen LogP contribution in [0.1, 0.15) is 0 Å². The molecule has 0 radical (unpaired) electrons. The first kappa shape index (κ1) is 10.2. The van der Waals surface area contributed by atoms with Crippen LogP contribution in [0.4, 0.5) is 9.52 Å². The van der Waals surface area contributed by atoms with Crippen molar-refractivity contribution >= 4 is 38.4 Å². The summed E-state index contributed by atoms with van der Waals surface area (Å²) in [6.45, 7) is 0. The summed E-state index contributed by atoms with van der Waals surface area (Å²) >= 11 is 2.26. The van der Waals surface area contributed by atoms with Crippen LogP contribution in [0.5, 0.6) is 0 Å². The third-order valence-electron chi connectivity index (χ3n) is 1.81. The number of thioether (sulfide) groups is 1. The van der Waals surface area contributed by atoms with Crippen molar-refractivity contribution in [3.8, 4) is 5.40 Å². The van der Waals surface area contributed by atoms with Gasteiger partial charge in [0.1, 0.15) is 11.2 Å². The first-order valence-electron chi connectivity index (χ1n) is 4.08. The predicted octanol–water partition coefficient (Wildman–Crippen LogP) is 3.05. The number of rotatable bonds is 2. The molecule has 15 heavy (non-hydrogen) atoms. The lowest BCUT2D eigenvalue weighted by Gasteiger charge is -1.95. The number of halogens is 1. The molecule has 0 saturated heterocycles. The van der Waals surface area contributed by atoms with Crippen molar-refractivity contribution in [3.05, 3.63) is 17.9 Å². The zero-order chi connectivity index (χ0) is 10.8. The molecule has 0 saturated carbocycles. The Morgan fingerprint density at radius 2 is 2.40 bits per heavy atom. The van der Waals surface area contributed by atoms with Crippen LogP contribution in [-0.2, 0) is 0 Å². The Bertz CT molecular complexity index is 544. The fourth-order valence-electron chi connectivity index (χ4n) is 1.16. The van der Waals surface area contributed by atoms with Crippen LogP contribution in [0.2, 0.25) is 0 Å². The Kier molecular flexibility index (Phi) is 2.75. The first-order chi connectivity index (χ1) is 7.24. The van der Waals surface area contributed by atoms with Crippen LogP contribution < -0.4 is 5.32 Å². The van der Waals surface area contributed by atoms with E-state index < -0.39 is 5.82 Å². The second kappa shape index (κ2) is 4.04. The van der Waals surface area contributed by atoms with E-state index in [0.717, 1.165) is 21.6 Å². The third-order valence-corrected chi connectivity index (χ3v) is 3.47. The van der Waals surface area contributed by atoms with Gasteiger partial charge in [0.25, 0.3) is 0 Å². The van der Waals surface area contributed by atoms with E-state index in [1.54, 1.807) is 13.1 Å². The van der Waals surface area contributed by atoms with Crippen LogP contribution in [0.15, 0.2) is 17.0 Å². The van der Waals surface area contributed by atoms with E-state index in [2.05, 4.69) is 10.3 Å². The summed E-state index contributed by atoms with van der Waals surface area (Å²) in [7, 11) is 1.76. The number of anilines is 1. The van der Waals surface area contributed by atoms with Gasteiger partial charge in [0, 0.05) is 13.1 Å². The van der Waals surface area contributed by atoms with Gasteiger partial charge in [-0.05, 0) is 17.8 Å². The molecule has 0 atom stereocenters. The lowest BCUT2D eigenvalue weighted by molar-refractivity contribution is 0.604. The molecule has 0 aliphatic heterocycles. The quantitative estimate of drug-likeness (QED) is 0.646. The number of thiocyanates is 1. The molecule has 1 aromatic heterocycles. The van der Waals surface area contributed by atoms with Gasteiger partial charge < -0.3 is 5.32 Å². The number of nitrogens with zero attached hydrogens (tertiary/aromatic N) is 2. The van der Waals surface area contributed by atoms with Crippen LogP contribution in [0, 0.1) is 16.5 Å². The van der Waals surface area contributed by atoms with E-state index in [-0.39, 0.29) is 0 Å². The number of nitriles is 1. The molecule has 0 spiro atoms. The van der Waals surface area contributed by atoms with Gasteiger partial charge in [-0.2, -0.15) is 5.26 Å². The standard InChI is InChI=1S/C9H6FN3S2/c1-12-9-13-6-2-5(10)7(14-4-11)3-8(6)15-9/h2-3H,1H3,(H,12,13). The average Bonchev–Trinajstić information content (AvgIpc) is 2.61. The van der Waals surface area contributed by atoms with Crippen LogP contribution >= 0.6 is 23.1 Å². The van der Waals surface area contributed by atoms with Crippen molar-refractivity contribution in [2.24, 2.45) is 0 Å². The Labute approximate surface area is 93.9 Å². The SMILES string of the molecule is CNc1nc2cc(F)c(SC#N)cc2s1. The second-order valence-electron chi connectivity index (χ2n) is 2.71. The summed E-state index contributed by atoms with van der Waals surface area (Å²) in [5.41, 5.74) is 0.615. The van der Waals surface area contributed by atoms with Gasteiger partial charge in [-0.25, -0.2) is 9.37 Å². The molecular weight excluding hydrogens is 233 g/mol. The highest BCUT2D eigenvalue weighted by atomic mass is 32.2. The molecular formula is C9H6FN3S2. The Morgan fingerprint density at radius 3 is 3.07 bits per heavy atom. The number of fused-ring (bicyclic) bond motifs is 1. The zero-order valence-corrected chi connectivity index (χ0v) is 9.38. The number of benzene rings is 1. The summed E-state index contributed by atoms with van der Waals surface area (Å²) < 4.78 is 14.3. The molecule has 0 aliphatic carbocycles. The van der Waals surface area contributed by atoms with Crippen LogP contribution in [0.25, 0.3) is 10.2 Å². The highest BCUT2D eigenvalue weighted by molar-refractivity contribution is 8.03. The molecule has 0 aliphatic rings. The normalized spacial score (nSPS) is 10.2. The summed E-state index contributed by atoms with van der Waals surface area (Å²) in [5.74, 6) is -0.401. The summed E-state index contributed by atoms with van der Waals surface area (Å²) in [5, 5.41) is 14.0. The number of aromatic nitrogens is 1.